The van der Waals surface area contributed by atoms with Gasteiger partial charge in [0.05, 0.1) is 4.92 Å². The molecular formula is C12H14N4O4. The van der Waals surface area contributed by atoms with Crippen molar-refractivity contribution >= 4 is 5.69 Å². The lowest BCUT2D eigenvalue weighted by Gasteiger charge is -2.05. The molecule has 2 rings (SSSR count). The van der Waals surface area contributed by atoms with Gasteiger partial charge < -0.3 is 15.0 Å². The van der Waals surface area contributed by atoms with Gasteiger partial charge in [-0.05, 0) is 11.6 Å². The highest BCUT2D eigenvalue weighted by atomic mass is 16.6. The van der Waals surface area contributed by atoms with Crippen LogP contribution in [0.25, 0.3) is 0 Å². The molecule has 0 bridgehead atoms. The molecule has 1 heterocycles. The van der Waals surface area contributed by atoms with Gasteiger partial charge >= 0.3 is 5.69 Å². The maximum Gasteiger partial charge on any atom is 0.311 e. The molecule has 2 N–H and O–H groups in total. The molecule has 106 valence electrons. The third-order valence-electron chi connectivity index (χ3n) is 2.63. The lowest BCUT2D eigenvalue weighted by Crippen LogP contribution is -2.03. The summed E-state index contributed by atoms with van der Waals surface area (Å²) in [5.41, 5.74) is 5.99. The van der Waals surface area contributed by atoms with Gasteiger partial charge in [-0.15, -0.1) is 0 Å². The Morgan fingerprint density at radius 3 is 2.90 bits per heavy atom. The zero-order chi connectivity index (χ0) is 14.5. The van der Waals surface area contributed by atoms with Gasteiger partial charge in [0.2, 0.25) is 11.7 Å². The maximum atomic E-state index is 11.0. The SMILES string of the molecule is CCc1nc(COc2ccc(CN)cc2[N+](=O)[O-])no1. The predicted octanol–water partition coefficient (Wildman–Crippen LogP) is 1.58. The highest BCUT2D eigenvalue weighted by molar-refractivity contribution is 5.48. The molecule has 8 heteroatoms. The zero-order valence-electron chi connectivity index (χ0n) is 10.9. The molecule has 0 unspecified atom stereocenters. The van der Waals surface area contributed by atoms with Gasteiger partial charge in [-0.25, -0.2) is 0 Å². The van der Waals surface area contributed by atoms with Crippen LogP contribution in [0.5, 0.6) is 5.75 Å². The first-order chi connectivity index (χ1) is 9.63. The van der Waals surface area contributed by atoms with Crippen LogP contribution in [-0.2, 0) is 19.6 Å². The van der Waals surface area contributed by atoms with E-state index in [9.17, 15) is 10.1 Å². The number of nitrogens with two attached hydrogens (primary N) is 1. The van der Waals surface area contributed by atoms with E-state index in [0.717, 1.165) is 0 Å². The fourth-order valence-electron chi connectivity index (χ4n) is 1.59. The number of hydrogen-bond donors (Lipinski definition) is 1. The van der Waals surface area contributed by atoms with Crippen LogP contribution in [0.2, 0.25) is 0 Å². The number of nitrogens with zero attached hydrogens (tertiary/aromatic N) is 3. The molecule has 0 aliphatic carbocycles. The van der Waals surface area contributed by atoms with Gasteiger partial charge in [0.25, 0.3) is 0 Å². The van der Waals surface area contributed by atoms with Crippen molar-refractivity contribution < 1.29 is 14.2 Å². The van der Waals surface area contributed by atoms with Crippen molar-refractivity contribution in [2.45, 2.75) is 26.5 Å². The molecule has 0 fully saturated rings. The average Bonchev–Trinajstić information content (AvgIpc) is 2.92. The number of rotatable bonds is 6. The van der Waals surface area contributed by atoms with Crippen LogP contribution in [0.4, 0.5) is 5.69 Å². The standard InChI is InChI=1S/C12H14N4O4/c1-2-12-14-11(15-20-12)7-19-10-4-3-8(6-13)5-9(10)16(17)18/h3-5H,2,6-7,13H2,1H3. The van der Waals surface area contributed by atoms with Crippen molar-refractivity contribution in [3.8, 4) is 5.75 Å². The van der Waals surface area contributed by atoms with Gasteiger partial charge in [-0.3, -0.25) is 10.1 Å². The summed E-state index contributed by atoms with van der Waals surface area (Å²) in [7, 11) is 0. The van der Waals surface area contributed by atoms with E-state index >= 15 is 0 Å². The number of benzene rings is 1. The zero-order valence-corrected chi connectivity index (χ0v) is 10.9. The summed E-state index contributed by atoms with van der Waals surface area (Å²) in [6, 6.07) is 4.58. The summed E-state index contributed by atoms with van der Waals surface area (Å²) in [5, 5.41) is 14.7. The number of nitro groups is 1. The lowest BCUT2D eigenvalue weighted by molar-refractivity contribution is -0.386. The lowest BCUT2D eigenvalue weighted by atomic mass is 10.2. The van der Waals surface area contributed by atoms with E-state index in [1.54, 1.807) is 6.07 Å². The molecule has 8 nitrogen and oxygen atoms in total. The molecule has 0 atom stereocenters. The van der Waals surface area contributed by atoms with Gasteiger partial charge in [-0.1, -0.05) is 18.1 Å². The quantitative estimate of drug-likeness (QED) is 0.629. The van der Waals surface area contributed by atoms with Crippen molar-refractivity contribution in [1.82, 2.24) is 10.1 Å². The van der Waals surface area contributed by atoms with Gasteiger partial charge in [0, 0.05) is 19.0 Å². The minimum Gasteiger partial charge on any atom is -0.478 e. The third kappa shape index (κ3) is 3.09. The van der Waals surface area contributed by atoms with E-state index in [-0.39, 0.29) is 24.6 Å². The monoisotopic (exact) mass is 278 g/mol. The van der Waals surface area contributed by atoms with E-state index in [1.165, 1.54) is 12.1 Å². The average molecular weight is 278 g/mol. The highest BCUT2D eigenvalue weighted by Gasteiger charge is 2.16. The Balaban J connectivity index is 2.14. The Kier molecular flexibility index (Phi) is 4.26. The normalized spacial score (nSPS) is 10.5. The summed E-state index contributed by atoms with van der Waals surface area (Å²) in [4.78, 5) is 14.5. The molecule has 0 spiro atoms. The number of hydrogen-bond acceptors (Lipinski definition) is 7. The first-order valence-corrected chi connectivity index (χ1v) is 6.05. The number of ether oxygens (including phenoxy) is 1. The van der Waals surface area contributed by atoms with Crippen LogP contribution in [0, 0.1) is 10.1 Å². The van der Waals surface area contributed by atoms with E-state index in [0.29, 0.717) is 23.7 Å². The smallest absolute Gasteiger partial charge is 0.311 e. The largest absolute Gasteiger partial charge is 0.478 e. The van der Waals surface area contributed by atoms with Crippen LogP contribution in [0.15, 0.2) is 22.7 Å². The molecule has 0 saturated heterocycles. The summed E-state index contributed by atoms with van der Waals surface area (Å²) >= 11 is 0. The minimum absolute atomic E-state index is 0.00626. The molecule has 0 saturated carbocycles. The number of nitro benzene ring substituents is 1. The van der Waals surface area contributed by atoms with Crippen LogP contribution in [0.1, 0.15) is 24.2 Å². The molecule has 0 amide bonds. The molecule has 0 radical (unpaired) electrons. The minimum atomic E-state index is -0.512. The molecule has 1 aromatic heterocycles. The second-order valence-electron chi connectivity index (χ2n) is 4.01. The molecule has 2 aromatic rings. The fraction of sp³-hybridized carbons (Fsp3) is 0.333. The first kappa shape index (κ1) is 13.9. The Morgan fingerprint density at radius 2 is 2.30 bits per heavy atom. The second kappa shape index (κ2) is 6.11. The Labute approximate surface area is 114 Å². The van der Waals surface area contributed by atoms with E-state index in [4.69, 9.17) is 15.0 Å². The first-order valence-electron chi connectivity index (χ1n) is 6.05. The van der Waals surface area contributed by atoms with Crippen molar-refractivity contribution in [2.24, 2.45) is 5.73 Å². The summed E-state index contributed by atoms with van der Waals surface area (Å²) in [5.74, 6) is 0.991. The van der Waals surface area contributed by atoms with Crippen LogP contribution in [0.3, 0.4) is 0 Å². The number of aryl methyl sites for hydroxylation is 1. The van der Waals surface area contributed by atoms with Crippen molar-refractivity contribution in [1.29, 1.82) is 0 Å². The van der Waals surface area contributed by atoms with Crippen LogP contribution in [-0.4, -0.2) is 15.1 Å². The van der Waals surface area contributed by atoms with E-state index in [1.807, 2.05) is 6.92 Å². The Bertz CT molecular complexity index is 611. The van der Waals surface area contributed by atoms with Crippen molar-refractivity contribution in [2.75, 3.05) is 0 Å². The predicted molar refractivity (Wildman–Crippen MR) is 69.0 cm³/mol. The molecule has 1 aromatic carbocycles. The Morgan fingerprint density at radius 1 is 1.50 bits per heavy atom. The van der Waals surface area contributed by atoms with Gasteiger partial charge in [-0.2, -0.15) is 4.98 Å². The van der Waals surface area contributed by atoms with Crippen molar-refractivity contribution in [3.63, 3.8) is 0 Å². The summed E-state index contributed by atoms with van der Waals surface area (Å²) in [6.07, 6.45) is 0.623. The molecule has 20 heavy (non-hydrogen) atoms. The van der Waals surface area contributed by atoms with Crippen LogP contribution < -0.4 is 10.5 Å². The van der Waals surface area contributed by atoms with E-state index < -0.39 is 4.92 Å². The third-order valence-corrected chi connectivity index (χ3v) is 2.63. The number of aromatic nitrogens is 2. The van der Waals surface area contributed by atoms with Crippen molar-refractivity contribution in [3.05, 3.63) is 45.6 Å². The van der Waals surface area contributed by atoms with Gasteiger partial charge in [0.15, 0.2) is 12.4 Å². The topological polar surface area (TPSA) is 117 Å². The highest BCUT2D eigenvalue weighted by Crippen LogP contribution is 2.28. The maximum absolute atomic E-state index is 11.0. The Hall–Kier alpha value is -2.48. The molecule has 0 aliphatic heterocycles. The second-order valence-corrected chi connectivity index (χ2v) is 4.01. The molecular weight excluding hydrogens is 264 g/mol. The fourth-order valence-corrected chi connectivity index (χ4v) is 1.59. The summed E-state index contributed by atoms with van der Waals surface area (Å²) in [6.45, 7) is 2.12. The van der Waals surface area contributed by atoms with E-state index in [2.05, 4.69) is 10.1 Å². The van der Waals surface area contributed by atoms with Crippen LogP contribution >= 0.6 is 0 Å². The summed E-state index contributed by atoms with van der Waals surface area (Å²) < 4.78 is 10.3. The molecule has 0 aliphatic rings. The van der Waals surface area contributed by atoms with Gasteiger partial charge in [0.1, 0.15) is 0 Å².